The number of benzene rings is 2. The van der Waals surface area contributed by atoms with Crippen LogP contribution in [0.4, 0.5) is 17.6 Å². The van der Waals surface area contributed by atoms with Crippen molar-refractivity contribution in [1.29, 1.82) is 0 Å². The summed E-state index contributed by atoms with van der Waals surface area (Å²) in [5.74, 6) is 5.94. The lowest BCUT2D eigenvalue weighted by molar-refractivity contribution is -0.137. The summed E-state index contributed by atoms with van der Waals surface area (Å²) >= 11 is 0. The largest absolute Gasteiger partial charge is 0.416 e. The molecule has 6 heteroatoms. The molecule has 1 heterocycles. The van der Waals surface area contributed by atoms with E-state index in [0.29, 0.717) is 29.7 Å². The molecule has 0 radical (unpaired) electrons. The second kappa shape index (κ2) is 9.11. The molecule has 2 aromatic rings. The Kier molecular flexibility index (Phi) is 6.58. The van der Waals surface area contributed by atoms with Crippen LogP contribution in [0.3, 0.4) is 0 Å². The molecule has 0 aromatic heterocycles. The van der Waals surface area contributed by atoms with Crippen molar-refractivity contribution in [2.75, 3.05) is 13.1 Å². The Bertz CT molecular complexity index is 844. The monoisotopic (exact) mass is 391 g/mol. The summed E-state index contributed by atoms with van der Waals surface area (Å²) in [6, 6.07) is 9.35. The Balaban J connectivity index is 1.73. The predicted molar refractivity (Wildman–Crippen MR) is 99.1 cm³/mol. The summed E-state index contributed by atoms with van der Waals surface area (Å²) < 4.78 is 52.2. The van der Waals surface area contributed by atoms with Crippen LogP contribution in [-0.2, 0) is 12.6 Å². The molecule has 0 amide bonds. The molecule has 0 bridgehead atoms. The van der Waals surface area contributed by atoms with Gasteiger partial charge in [0.25, 0.3) is 0 Å². The zero-order chi connectivity index (χ0) is 20.0. The van der Waals surface area contributed by atoms with Crippen LogP contribution in [0.2, 0.25) is 0 Å². The first-order valence-corrected chi connectivity index (χ1v) is 9.29. The minimum absolute atomic E-state index is 0.335. The minimum Gasteiger partial charge on any atom is -0.406 e. The lowest BCUT2D eigenvalue weighted by atomic mass is 10.0. The fourth-order valence-electron chi connectivity index (χ4n) is 3.03. The van der Waals surface area contributed by atoms with Crippen LogP contribution in [0.1, 0.15) is 42.4 Å². The molecule has 1 fully saturated rings. The van der Waals surface area contributed by atoms with Gasteiger partial charge in [0, 0.05) is 25.1 Å². The Hall–Kier alpha value is -2.52. The Morgan fingerprint density at radius 1 is 0.964 bits per heavy atom. The van der Waals surface area contributed by atoms with Crippen LogP contribution < -0.4 is 4.84 Å². The first-order chi connectivity index (χ1) is 13.4. The van der Waals surface area contributed by atoms with E-state index in [0.717, 1.165) is 44.5 Å². The van der Waals surface area contributed by atoms with Gasteiger partial charge in [-0.1, -0.05) is 18.3 Å². The van der Waals surface area contributed by atoms with Gasteiger partial charge in [-0.3, -0.25) is 0 Å². The average molecular weight is 391 g/mol. The van der Waals surface area contributed by atoms with Crippen molar-refractivity contribution in [2.24, 2.45) is 0 Å². The van der Waals surface area contributed by atoms with Gasteiger partial charge in [-0.2, -0.15) is 13.2 Å². The molecule has 1 aliphatic heterocycles. The fraction of sp³-hybridized carbons (Fsp3) is 0.364. The van der Waals surface area contributed by atoms with Gasteiger partial charge in [0.05, 0.1) is 5.56 Å². The molecule has 1 aliphatic rings. The van der Waals surface area contributed by atoms with Gasteiger partial charge in [-0.15, -0.1) is 5.06 Å². The Morgan fingerprint density at radius 2 is 1.68 bits per heavy atom. The van der Waals surface area contributed by atoms with Gasteiger partial charge in [0.2, 0.25) is 0 Å². The van der Waals surface area contributed by atoms with Crippen molar-refractivity contribution in [3.05, 3.63) is 65.0 Å². The average Bonchev–Trinajstić information content (AvgIpc) is 2.67. The summed E-state index contributed by atoms with van der Waals surface area (Å²) in [5.41, 5.74) is 0.448. The van der Waals surface area contributed by atoms with E-state index < -0.39 is 11.7 Å². The quantitative estimate of drug-likeness (QED) is 0.496. The molecule has 1 saturated heterocycles. The third kappa shape index (κ3) is 5.74. The molecule has 0 unspecified atom stereocenters. The molecule has 0 aliphatic carbocycles. The SMILES string of the molecule is Fc1ccc(C#CCCc2cc(C(F)(F)F)ccc2ON2CCCCC2)cc1. The normalized spacial score (nSPS) is 15.0. The van der Waals surface area contributed by atoms with Gasteiger partial charge in [-0.25, -0.2) is 4.39 Å². The third-order valence-electron chi connectivity index (χ3n) is 4.53. The van der Waals surface area contributed by atoms with Crippen LogP contribution in [0.5, 0.6) is 5.75 Å². The van der Waals surface area contributed by atoms with Crippen molar-refractivity contribution in [3.8, 4) is 17.6 Å². The van der Waals surface area contributed by atoms with Crippen molar-refractivity contribution in [3.63, 3.8) is 0 Å². The third-order valence-corrected chi connectivity index (χ3v) is 4.53. The summed E-state index contributed by atoms with van der Waals surface area (Å²) in [7, 11) is 0. The van der Waals surface area contributed by atoms with Crippen LogP contribution in [0.25, 0.3) is 0 Å². The number of hydrogen-bond acceptors (Lipinski definition) is 2. The highest BCUT2D eigenvalue weighted by Gasteiger charge is 2.31. The zero-order valence-electron chi connectivity index (χ0n) is 15.4. The maximum Gasteiger partial charge on any atom is 0.416 e. The number of nitrogens with zero attached hydrogens (tertiary/aromatic N) is 1. The highest BCUT2D eigenvalue weighted by molar-refractivity contribution is 5.39. The molecular weight excluding hydrogens is 370 g/mol. The molecule has 0 saturated carbocycles. The maximum atomic E-state index is 13.1. The molecule has 0 N–H and O–H groups in total. The Labute approximate surface area is 162 Å². The number of hydrogen-bond donors (Lipinski definition) is 0. The van der Waals surface area contributed by atoms with Crippen molar-refractivity contribution in [1.82, 2.24) is 5.06 Å². The first-order valence-electron chi connectivity index (χ1n) is 9.29. The maximum absolute atomic E-state index is 13.1. The lowest BCUT2D eigenvalue weighted by Gasteiger charge is -2.27. The van der Waals surface area contributed by atoms with Gasteiger partial charge >= 0.3 is 6.18 Å². The van der Waals surface area contributed by atoms with E-state index in [1.165, 1.54) is 18.2 Å². The van der Waals surface area contributed by atoms with Crippen molar-refractivity contribution >= 4 is 0 Å². The number of halogens is 4. The molecular formula is C22H21F4NO. The van der Waals surface area contributed by atoms with Crippen LogP contribution in [0.15, 0.2) is 42.5 Å². The van der Waals surface area contributed by atoms with E-state index in [4.69, 9.17) is 4.84 Å². The number of rotatable bonds is 4. The van der Waals surface area contributed by atoms with Gasteiger partial charge in [-0.05, 0) is 67.3 Å². The number of hydroxylamine groups is 2. The molecule has 0 spiro atoms. The van der Waals surface area contributed by atoms with E-state index in [1.54, 1.807) is 17.2 Å². The van der Waals surface area contributed by atoms with Gasteiger partial charge in [0.15, 0.2) is 5.75 Å². The fourth-order valence-corrected chi connectivity index (χ4v) is 3.03. The second-order valence-electron chi connectivity index (χ2n) is 6.71. The molecule has 0 atom stereocenters. The number of alkyl halides is 3. The van der Waals surface area contributed by atoms with E-state index in [-0.39, 0.29) is 5.82 Å². The molecule has 28 heavy (non-hydrogen) atoms. The summed E-state index contributed by atoms with van der Waals surface area (Å²) in [6.45, 7) is 1.54. The molecule has 2 nitrogen and oxygen atoms in total. The van der Waals surface area contributed by atoms with E-state index >= 15 is 0 Å². The van der Waals surface area contributed by atoms with E-state index in [2.05, 4.69) is 11.8 Å². The first kappa shape index (κ1) is 20.2. The van der Waals surface area contributed by atoms with E-state index in [1.807, 2.05) is 0 Å². The van der Waals surface area contributed by atoms with Crippen molar-refractivity contribution in [2.45, 2.75) is 38.3 Å². The summed E-state index contributed by atoms with van der Waals surface area (Å²) in [5, 5.41) is 1.81. The standard InChI is InChI=1S/C22H21F4NO/c23-20-11-8-17(9-12-20)6-2-3-7-18-16-19(22(24,25)26)10-13-21(18)28-27-14-4-1-5-15-27/h8-13,16H,1,3-5,7,14-15H2. The van der Waals surface area contributed by atoms with Crippen LogP contribution >= 0.6 is 0 Å². The molecule has 3 rings (SSSR count). The number of aryl methyl sites for hydroxylation is 1. The van der Waals surface area contributed by atoms with E-state index in [9.17, 15) is 17.6 Å². The highest BCUT2D eigenvalue weighted by Crippen LogP contribution is 2.33. The molecule has 148 valence electrons. The topological polar surface area (TPSA) is 12.5 Å². The number of piperidine rings is 1. The summed E-state index contributed by atoms with van der Waals surface area (Å²) in [4.78, 5) is 5.86. The second-order valence-corrected chi connectivity index (χ2v) is 6.71. The minimum atomic E-state index is -4.40. The lowest BCUT2D eigenvalue weighted by Crippen LogP contribution is -2.33. The van der Waals surface area contributed by atoms with Crippen LogP contribution in [0, 0.1) is 17.7 Å². The van der Waals surface area contributed by atoms with Gasteiger partial charge in [0.1, 0.15) is 5.82 Å². The Morgan fingerprint density at radius 3 is 2.36 bits per heavy atom. The van der Waals surface area contributed by atoms with Gasteiger partial charge < -0.3 is 4.84 Å². The van der Waals surface area contributed by atoms with Crippen molar-refractivity contribution < 1.29 is 22.4 Å². The smallest absolute Gasteiger partial charge is 0.406 e. The van der Waals surface area contributed by atoms with Crippen LogP contribution in [-0.4, -0.2) is 18.2 Å². The summed E-state index contributed by atoms with van der Waals surface area (Å²) in [6.07, 6.45) is -0.536. The highest BCUT2D eigenvalue weighted by atomic mass is 19.4. The predicted octanol–water partition coefficient (Wildman–Crippen LogP) is 5.61. The molecule has 2 aromatic carbocycles. The zero-order valence-corrected chi connectivity index (χ0v) is 15.4.